The van der Waals surface area contributed by atoms with Crippen LogP contribution < -0.4 is 10.2 Å². The van der Waals surface area contributed by atoms with Crippen molar-refractivity contribution in [1.82, 2.24) is 10.2 Å². The van der Waals surface area contributed by atoms with Gasteiger partial charge in [0.25, 0.3) is 5.43 Å². The lowest BCUT2D eigenvalue weighted by atomic mass is 10.1. The van der Waals surface area contributed by atoms with E-state index in [0.29, 0.717) is 12.1 Å². The van der Waals surface area contributed by atoms with Gasteiger partial charge in [-0.15, -0.1) is 0 Å². The van der Waals surface area contributed by atoms with Crippen molar-refractivity contribution in [2.45, 2.75) is 6.42 Å². The molecule has 0 saturated carbocycles. The van der Waals surface area contributed by atoms with E-state index in [0.717, 1.165) is 5.56 Å². The maximum absolute atomic E-state index is 11.7. The van der Waals surface area contributed by atoms with Crippen molar-refractivity contribution in [1.29, 1.82) is 0 Å². The van der Waals surface area contributed by atoms with Crippen molar-refractivity contribution < 1.29 is 4.74 Å². The van der Waals surface area contributed by atoms with Crippen LogP contribution >= 0.6 is 11.6 Å². The molecule has 0 aliphatic carbocycles. The van der Waals surface area contributed by atoms with Crippen molar-refractivity contribution in [3.8, 4) is 5.75 Å². The summed E-state index contributed by atoms with van der Waals surface area (Å²) in [6.07, 6.45) is 0.545. The Labute approximate surface area is 103 Å². The molecule has 4 nitrogen and oxygen atoms in total. The lowest BCUT2D eigenvalue weighted by Gasteiger charge is -2.07. The summed E-state index contributed by atoms with van der Waals surface area (Å²) >= 11 is 5.63. The highest BCUT2D eigenvalue weighted by Gasteiger charge is 2.12. The van der Waals surface area contributed by atoms with E-state index < -0.39 is 0 Å². The van der Waals surface area contributed by atoms with Crippen LogP contribution in [0.5, 0.6) is 5.75 Å². The summed E-state index contributed by atoms with van der Waals surface area (Å²) in [5.41, 5.74) is 1.29. The molecule has 1 aromatic carbocycles. The first-order valence-corrected chi connectivity index (χ1v) is 5.45. The van der Waals surface area contributed by atoms with Gasteiger partial charge in [0.05, 0.1) is 12.8 Å². The second-order valence-electron chi connectivity index (χ2n) is 3.52. The number of halogens is 1. The third kappa shape index (κ3) is 2.47. The maximum atomic E-state index is 11.7. The van der Waals surface area contributed by atoms with Gasteiger partial charge in [-0.1, -0.05) is 41.9 Å². The van der Waals surface area contributed by atoms with Gasteiger partial charge in [0.2, 0.25) is 5.15 Å². The highest BCUT2D eigenvalue weighted by molar-refractivity contribution is 6.29. The monoisotopic (exact) mass is 250 g/mol. The van der Waals surface area contributed by atoms with Crippen LogP contribution in [0.4, 0.5) is 0 Å². The molecule has 5 heteroatoms. The van der Waals surface area contributed by atoms with Crippen LogP contribution in [0.1, 0.15) is 11.3 Å². The number of H-pyrrole nitrogens is 1. The summed E-state index contributed by atoms with van der Waals surface area (Å²) in [7, 11) is 1.44. The van der Waals surface area contributed by atoms with E-state index in [2.05, 4.69) is 10.2 Å². The SMILES string of the molecule is COc1c(Cc2ccccc2)[nH]nc(Cl)c1=O. The number of hydrogen-bond acceptors (Lipinski definition) is 3. The first-order valence-electron chi connectivity index (χ1n) is 5.07. The molecule has 1 N–H and O–H groups in total. The second-order valence-corrected chi connectivity index (χ2v) is 3.88. The molecule has 1 aromatic heterocycles. The molecule has 2 aromatic rings. The van der Waals surface area contributed by atoms with Crippen molar-refractivity contribution in [2.75, 3.05) is 7.11 Å². The maximum Gasteiger partial charge on any atom is 0.261 e. The standard InChI is InChI=1S/C12H11ClN2O2/c1-17-11-9(14-15-12(13)10(11)16)7-8-5-3-2-4-6-8/h2-6H,7H2,1H3,(H,14,16). The number of benzene rings is 1. The number of aromatic nitrogens is 2. The Morgan fingerprint density at radius 2 is 2.06 bits per heavy atom. The Hall–Kier alpha value is -1.81. The van der Waals surface area contributed by atoms with E-state index in [1.54, 1.807) is 0 Å². The molecule has 0 amide bonds. The first kappa shape index (κ1) is 11.7. The Morgan fingerprint density at radius 1 is 1.35 bits per heavy atom. The number of hydrogen-bond donors (Lipinski definition) is 1. The van der Waals surface area contributed by atoms with Gasteiger partial charge in [0, 0.05) is 6.42 Å². The third-order valence-electron chi connectivity index (χ3n) is 2.38. The van der Waals surface area contributed by atoms with E-state index in [9.17, 15) is 4.79 Å². The Bertz CT molecular complexity index is 566. The average molecular weight is 251 g/mol. The van der Waals surface area contributed by atoms with Crippen LogP contribution in [0.2, 0.25) is 5.15 Å². The fourth-order valence-electron chi connectivity index (χ4n) is 1.58. The molecule has 0 atom stereocenters. The molecule has 0 fully saturated rings. The largest absolute Gasteiger partial charge is 0.491 e. The van der Waals surface area contributed by atoms with Gasteiger partial charge >= 0.3 is 0 Å². The smallest absolute Gasteiger partial charge is 0.261 e. The minimum absolute atomic E-state index is 0.112. The summed E-state index contributed by atoms with van der Waals surface area (Å²) in [5.74, 6) is 0.217. The van der Waals surface area contributed by atoms with Crippen LogP contribution in [0.15, 0.2) is 35.1 Å². The van der Waals surface area contributed by atoms with Gasteiger partial charge in [-0.05, 0) is 5.56 Å². The van der Waals surface area contributed by atoms with E-state index in [-0.39, 0.29) is 16.3 Å². The highest BCUT2D eigenvalue weighted by atomic mass is 35.5. The molecule has 1 heterocycles. The topological polar surface area (TPSA) is 55.0 Å². The predicted octanol–water partition coefficient (Wildman–Crippen LogP) is 2.02. The summed E-state index contributed by atoms with van der Waals surface area (Å²) in [4.78, 5) is 11.7. The Balaban J connectivity index is 2.40. The van der Waals surface area contributed by atoms with Gasteiger partial charge in [0.15, 0.2) is 5.75 Å². The molecule has 0 unspecified atom stereocenters. The zero-order valence-corrected chi connectivity index (χ0v) is 9.99. The summed E-state index contributed by atoms with van der Waals surface area (Å²) < 4.78 is 5.06. The molecular weight excluding hydrogens is 240 g/mol. The summed E-state index contributed by atoms with van der Waals surface area (Å²) in [6, 6.07) is 9.73. The van der Waals surface area contributed by atoms with Crippen molar-refractivity contribution in [2.24, 2.45) is 0 Å². The molecule has 0 saturated heterocycles. The fourth-order valence-corrected chi connectivity index (χ4v) is 1.71. The number of nitrogens with zero attached hydrogens (tertiary/aromatic N) is 1. The van der Waals surface area contributed by atoms with Crippen molar-refractivity contribution in [3.63, 3.8) is 0 Å². The van der Waals surface area contributed by atoms with E-state index in [1.807, 2.05) is 30.3 Å². The van der Waals surface area contributed by atoms with Gasteiger partial charge in [-0.25, -0.2) is 0 Å². The lowest BCUT2D eigenvalue weighted by Crippen LogP contribution is -2.13. The van der Waals surface area contributed by atoms with Crippen LogP contribution in [-0.4, -0.2) is 17.3 Å². The molecule has 0 radical (unpaired) electrons. The van der Waals surface area contributed by atoms with E-state index in [1.165, 1.54) is 7.11 Å². The minimum atomic E-state index is -0.390. The summed E-state index contributed by atoms with van der Waals surface area (Å²) in [6.45, 7) is 0. The molecule has 0 aliphatic rings. The number of aromatic amines is 1. The number of rotatable bonds is 3. The lowest BCUT2D eigenvalue weighted by molar-refractivity contribution is 0.402. The number of ether oxygens (including phenoxy) is 1. The van der Waals surface area contributed by atoms with E-state index in [4.69, 9.17) is 16.3 Å². The van der Waals surface area contributed by atoms with Crippen LogP contribution in [0, 0.1) is 0 Å². The Kier molecular flexibility index (Phi) is 3.44. The molecular formula is C12H11ClN2O2. The van der Waals surface area contributed by atoms with Gasteiger partial charge < -0.3 is 4.74 Å². The zero-order valence-electron chi connectivity index (χ0n) is 9.24. The average Bonchev–Trinajstić information content (AvgIpc) is 2.36. The third-order valence-corrected chi connectivity index (χ3v) is 2.64. The quantitative estimate of drug-likeness (QED) is 0.907. The molecule has 0 bridgehead atoms. The highest BCUT2D eigenvalue weighted by Crippen LogP contribution is 2.15. The van der Waals surface area contributed by atoms with Crippen LogP contribution in [0.3, 0.4) is 0 Å². The minimum Gasteiger partial charge on any atom is -0.491 e. The zero-order chi connectivity index (χ0) is 12.3. The first-order chi connectivity index (χ1) is 8.22. The Morgan fingerprint density at radius 3 is 2.71 bits per heavy atom. The molecule has 2 rings (SSSR count). The van der Waals surface area contributed by atoms with Crippen molar-refractivity contribution >= 4 is 11.6 Å². The normalized spacial score (nSPS) is 10.2. The number of methoxy groups -OCH3 is 1. The van der Waals surface area contributed by atoms with Crippen molar-refractivity contribution in [3.05, 3.63) is 57.0 Å². The van der Waals surface area contributed by atoms with Gasteiger partial charge in [-0.3, -0.25) is 9.89 Å². The second kappa shape index (κ2) is 5.01. The predicted molar refractivity (Wildman–Crippen MR) is 65.7 cm³/mol. The number of nitrogens with one attached hydrogen (secondary N) is 1. The molecule has 17 heavy (non-hydrogen) atoms. The summed E-state index contributed by atoms with van der Waals surface area (Å²) in [5, 5.41) is 6.36. The molecule has 0 aliphatic heterocycles. The van der Waals surface area contributed by atoms with Gasteiger partial charge in [0.1, 0.15) is 0 Å². The molecule has 88 valence electrons. The van der Waals surface area contributed by atoms with Crippen LogP contribution in [-0.2, 0) is 6.42 Å². The fraction of sp³-hybridized carbons (Fsp3) is 0.167. The van der Waals surface area contributed by atoms with Crippen LogP contribution in [0.25, 0.3) is 0 Å². The van der Waals surface area contributed by atoms with Gasteiger partial charge in [-0.2, -0.15) is 5.10 Å². The molecule has 0 spiro atoms. The van der Waals surface area contributed by atoms with E-state index >= 15 is 0 Å².